The Hall–Kier alpha value is -2.70. The van der Waals surface area contributed by atoms with Crippen LogP contribution in [0.2, 0.25) is 0 Å². The lowest BCUT2D eigenvalue weighted by molar-refractivity contribution is -0.384. The number of carboxylic acids is 1. The minimum atomic E-state index is -0.929. The van der Waals surface area contributed by atoms with E-state index in [1.54, 1.807) is 18.2 Å². The van der Waals surface area contributed by atoms with Crippen molar-refractivity contribution >= 4 is 28.4 Å². The number of hydrogen-bond donors (Lipinski definition) is 2. The van der Waals surface area contributed by atoms with E-state index in [1.807, 2.05) is 0 Å². The summed E-state index contributed by atoms with van der Waals surface area (Å²) in [4.78, 5) is 25.9. The van der Waals surface area contributed by atoms with E-state index in [0.717, 1.165) is 6.42 Å². The zero-order valence-electron chi connectivity index (χ0n) is 11.1. The molecule has 0 atom stereocenters. The number of rotatable bonds is 4. The SMILES string of the molecule is O=C(O)C1(Nc2ccc3cc([N+](=O)[O-])ccc3n2)CCC1. The zero-order chi connectivity index (χ0) is 15.0. The van der Waals surface area contributed by atoms with Gasteiger partial charge in [-0.2, -0.15) is 0 Å². The summed E-state index contributed by atoms with van der Waals surface area (Å²) in [6.07, 6.45) is 2.02. The molecule has 1 aromatic carbocycles. The van der Waals surface area contributed by atoms with Crippen LogP contribution in [0.15, 0.2) is 30.3 Å². The second-order valence-electron chi connectivity index (χ2n) is 5.20. The molecule has 0 saturated heterocycles. The molecule has 0 unspecified atom stereocenters. The maximum Gasteiger partial charge on any atom is 0.329 e. The number of nitrogens with zero attached hydrogens (tertiary/aromatic N) is 2. The van der Waals surface area contributed by atoms with Crippen LogP contribution in [0.4, 0.5) is 11.5 Å². The predicted molar refractivity (Wildman–Crippen MR) is 76.2 cm³/mol. The van der Waals surface area contributed by atoms with E-state index in [-0.39, 0.29) is 5.69 Å². The van der Waals surface area contributed by atoms with E-state index in [0.29, 0.717) is 29.6 Å². The van der Waals surface area contributed by atoms with Gasteiger partial charge in [-0.25, -0.2) is 9.78 Å². The Bertz CT molecular complexity index is 740. The number of carboxylic acid groups (broad SMARTS) is 1. The van der Waals surface area contributed by atoms with Crippen LogP contribution in [0.1, 0.15) is 19.3 Å². The van der Waals surface area contributed by atoms with Gasteiger partial charge in [-0.05, 0) is 37.5 Å². The number of pyridine rings is 1. The number of fused-ring (bicyclic) bond motifs is 1. The zero-order valence-corrected chi connectivity index (χ0v) is 11.1. The number of carbonyl (C=O) groups is 1. The molecular formula is C14H13N3O4. The van der Waals surface area contributed by atoms with Crippen molar-refractivity contribution in [2.45, 2.75) is 24.8 Å². The summed E-state index contributed by atoms with van der Waals surface area (Å²) in [6.45, 7) is 0. The Morgan fingerprint density at radius 2 is 2.10 bits per heavy atom. The van der Waals surface area contributed by atoms with Gasteiger partial charge in [-0.15, -0.1) is 0 Å². The van der Waals surface area contributed by atoms with Gasteiger partial charge in [0.2, 0.25) is 0 Å². The molecule has 3 rings (SSSR count). The van der Waals surface area contributed by atoms with Gasteiger partial charge in [-0.1, -0.05) is 0 Å². The molecule has 2 N–H and O–H groups in total. The van der Waals surface area contributed by atoms with Crippen LogP contribution in [0.3, 0.4) is 0 Å². The van der Waals surface area contributed by atoms with E-state index >= 15 is 0 Å². The molecule has 1 saturated carbocycles. The quantitative estimate of drug-likeness (QED) is 0.661. The molecule has 0 amide bonds. The maximum atomic E-state index is 11.3. The fourth-order valence-electron chi connectivity index (χ4n) is 2.46. The molecule has 21 heavy (non-hydrogen) atoms. The lowest BCUT2D eigenvalue weighted by Crippen LogP contribution is -2.52. The Labute approximate surface area is 119 Å². The molecule has 2 aromatic rings. The van der Waals surface area contributed by atoms with Crippen LogP contribution < -0.4 is 5.32 Å². The van der Waals surface area contributed by atoms with Crippen molar-refractivity contribution in [1.29, 1.82) is 0 Å². The monoisotopic (exact) mass is 287 g/mol. The fourth-order valence-corrected chi connectivity index (χ4v) is 2.46. The fraction of sp³-hybridized carbons (Fsp3) is 0.286. The van der Waals surface area contributed by atoms with Crippen molar-refractivity contribution in [3.05, 3.63) is 40.4 Å². The predicted octanol–water partition coefficient (Wildman–Crippen LogP) is 2.56. The highest BCUT2D eigenvalue weighted by Crippen LogP contribution is 2.35. The summed E-state index contributed by atoms with van der Waals surface area (Å²) in [5, 5.41) is 23.6. The number of aliphatic carboxylic acids is 1. The topological polar surface area (TPSA) is 105 Å². The molecule has 1 aliphatic rings. The third-order valence-corrected chi connectivity index (χ3v) is 3.87. The van der Waals surface area contributed by atoms with Crippen molar-refractivity contribution in [2.75, 3.05) is 5.32 Å². The first-order chi connectivity index (χ1) is 10.00. The second-order valence-corrected chi connectivity index (χ2v) is 5.20. The number of aromatic nitrogens is 1. The lowest BCUT2D eigenvalue weighted by Gasteiger charge is -2.38. The standard InChI is InChI=1S/C14H13N3O4/c18-13(19)14(6-1-7-14)16-12-5-2-9-8-10(17(20)21)3-4-11(9)15-12/h2-5,8H,1,6-7H2,(H,15,16)(H,18,19). The highest BCUT2D eigenvalue weighted by Gasteiger charge is 2.44. The molecule has 1 aliphatic carbocycles. The van der Waals surface area contributed by atoms with Crippen molar-refractivity contribution in [1.82, 2.24) is 4.98 Å². The summed E-state index contributed by atoms with van der Waals surface area (Å²) >= 11 is 0. The number of nitrogens with one attached hydrogen (secondary N) is 1. The van der Waals surface area contributed by atoms with Crippen molar-refractivity contribution < 1.29 is 14.8 Å². The van der Waals surface area contributed by atoms with Gasteiger partial charge < -0.3 is 10.4 Å². The number of benzene rings is 1. The van der Waals surface area contributed by atoms with E-state index in [1.165, 1.54) is 12.1 Å². The van der Waals surface area contributed by atoms with Crippen LogP contribution in [0.5, 0.6) is 0 Å². The maximum absolute atomic E-state index is 11.3. The van der Waals surface area contributed by atoms with Gasteiger partial charge in [0.05, 0.1) is 10.4 Å². The average molecular weight is 287 g/mol. The van der Waals surface area contributed by atoms with E-state index < -0.39 is 16.4 Å². The summed E-state index contributed by atoms with van der Waals surface area (Å²) in [5.41, 5.74) is -0.335. The van der Waals surface area contributed by atoms with Gasteiger partial charge in [-0.3, -0.25) is 10.1 Å². The first-order valence-corrected chi connectivity index (χ1v) is 6.57. The highest BCUT2D eigenvalue weighted by molar-refractivity contribution is 5.86. The summed E-state index contributed by atoms with van der Waals surface area (Å²) in [6, 6.07) is 7.74. The minimum Gasteiger partial charge on any atom is -0.480 e. The minimum absolute atomic E-state index is 0.00556. The molecular weight excluding hydrogens is 274 g/mol. The molecule has 0 radical (unpaired) electrons. The Morgan fingerprint density at radius 1 is 1.33 bits per heavy atom. The van der Waals surface area contributed by atoms with Gasteiger partial charge in [0.15, 0.2) is 0 Å². The van der Waals surface area contributed by atoms with Crippen LogP contribution >= 0.6 is 0 Å². The van der Waals surface area contributed by atoms with Crippen molar-refractivity contribution in [3.8, 4) is 0 Å². The normalized spacial score (nSPS) is 16.2. The number of anilines is 1. The summed E-state index contributed by atoms with van der Waals surface area (Å²) < 4.78 is 0. The molecule has 0 aliphatic heterocycles. The molecule has 108 valence electrons. The summed E-state index contributed by atoms with van der Waals surface area (Å²) in [7, 11) is 0. The van der Waals surface area contributed by atoms with E-state index in [2.05, 4.69) is 10.3 Å². The molecule has 7 heteroatoms. The van der Waals surface area contributed by atoms with Gasteiger partial charge in [0, 0.05) is 17.5 Å². The lowest BCUT2D eigenvalue weighted by atomic mass is 9.77. The van der Waals surface area contributed by atoms with Crippen LogP contribution in [0.25, 0.3) is 10.9 Å². The molecule has 1 heterocycles. The van der Waals surface area contributed by atoms with E-state index in [9.17, 15) is 20.0 Å². The largest absolute Gasteiger partial charge is 0.480 e. The molecule has 1 fully saturated rings. The molecule has 7 nitrogen and oxygen atoms in total. The number of hydrogen-bond acceptors (Lipinski definition) is 5. The molecule has 0 spiro atoms. The third kappa shape index (κ3) is 2.26. The molecule has 1 aromatic heterocycles. The van der Waals surface area contributed by atoms with Crippen LogP contribution in [-0.2, 0) is 4.79 Å². The first-order valence-electron chi connectivity index (χ1n) is 6.57. The smallest absolute Gasteiger partial charge is 0.329 e. The average Bonchev–Trinajstić information content (AvgIpc) is 2.41. The Balaban J connectivity index is 1.93. The van der Waals surface area contributed by atoms with Gasteiger partial charge in [0.25, 0.3) is 5.69 Å². The summed E-state index contributed by atoms with van der Waals surface area (Å²) in [5.74, 6) is -0.405. The number of nitro benzene ring substituents is 1. The van der Waals surface area contributed by atoms with Gasteiger partial charge >= 0.3 is 5.97 Å². The van der Waals surface area contributed by atoms with Crippen molar-refractivity contribution in [2.24, 2.45) is 0 Å². The second kappa shape index (κ2) is 4.69. The van der Waals surface area contributed by atoms with Crippen LogP contribution in [-0.4, -0.2) is 26.5 Å². The third-order valence-electron chi connectivity index (χ3n) is 3.87. The van der Waals surface area contributed by atoms with E-state index in [4.69, 9.17) is 0 Å². The van der Waals surface area contributed by atoms with Gasteiger partial charge in [0.1, 0.15) is 11.4 Å². The number of non-ortho nitro benzene ring substituents is 1. The van der Waals surface area contributed by atoms with Crippen LogP contribution in [0, 0.1) is 10.1 Å². The first kappa shape index (κ1) is 13.3. The Morgan fingerprint density at radius 3 is 2.67 bits per heavy atom. The van der Waals surface area contributed by atoms with Crippen molar-refractivity contribution in [3.63, 3.8) is 0 Å². The number of nitro groups is 1. The Kier molecular flexibility index (Phi) is 2.97. The molecule has 0 bridgehead atoms. The highest BCUT2D eigenvalue weighted by atomic mass is 16.6.